The first-order valence-electron chi connectivity index (χ1n) is 6.62. The van der Waals surface area contributed by atoms with Crippen LogP contribution in [0.3, 0.4) is 0 Å². The molecule has 2 fully saturated rings. The van der Waals surface area contributed by atoms with E-state index in [-0.39, 0.29) is 23.2 Å². The number of sulfonamides is 1. The van der Waals surface area contributed by atoms with E-state index in [0.717, 1.165) is 25.7 Å². The minimum atomic E-state index is -3.45. The lowest BCUT2D eigenvalue weighted by Gasteiger charge is -2.23. The van der Waals surface area contributed by atoms with Gasteiger partial charge >= 0.3 is 0 Å². The first-order chi connectivity index (χ1) is 8.77. The molecule has 0 aromatic rings. The Hall–Kier alpha value is 0.150. The SMILES string of the molecule is O=S1(=O)CC(Cl)C(NS(=O)(=O)CC2CCCCC2)C1. The summed E-state index contributed by atoms with van der Waals surface area (Å²) in [5.41, 5.74) is 0. The number of hydrogen-bond donors (Lipinski definition) is 1. The van der Waals surface area contributed by atoms with Gasteiger partial charge in [-0.3, -0.25) is 0 Å². The predicted octanol–water partition coefficient (Wildman–Crippen LogP) is 0.890. The molecule has 0 aromatic carbocycles. The summed E-state index contributed by atoms with van der Waals surface area (Å²) in [5, 5.41) is -0.661. The zero-order valence-electron chi connectivity index (χ0n) is 10.7. The Kier molecular flexibility index (Phi) is 4.80. The first-order valence-corrected chi connectivity index (χ1v) is 10.5. The van der Waals surface area contributed by atoms with E-state index in [2.05, 4.69) is 4.72 Å². The van der Waals surface area contributed by atoms with Crippen molar-refractivity contribution >= 4 is 31.5 Å². The van der Waals surface area contributed by atoms with Gasteiger partial charge in [-0.2, -0.15) is 0 Å². The molecule has 1 saturated carbocycles. The number of sulfone groups is 1. The normalized spacial score (nSPS) is 32.5. The highest BCUT2D eigenvalue weighted by atomic mass is 35.5. The molecule has 0 aromatic heterocycles. The van der Waals surface area contributed by atoms with Crippen LogP contribution in [-0.4, -0.2) is 45.5 Å². The van der Waals surface area contributed by atoms with E-state index < -0.39 is 31.3 Å². The van der Waals surface area contributed by atoms with E-state index in [4.69, 9.17) is 11.6 Å². The monoisotopic (exact) mass is 329 g/mol. The molecule has 19 heavy (non-hydrogen) atoms. The summed E-state index contributed by atoms with van der Waals surface area (Å²) in [4.78, 5) is 0. The van der Waals surface area contributed by atoms with E-state index in [1.54, 1.807) is 0 Å². The molecule has 1 N–H and O–H groups in total. The highest BCUT2D eigenvalue weighted by Gasteiger charge is 2.38. The molecule has 0 spiro atoms. The van der Waals surface area contributed by atoms with Gasteiger partial charge in [-0.15, -0.1) is 11.6 Å². The highest BCUT2D eigenvalue weighted by Crippen LogP contribution is 2.25. The van der Waals surface area contributed by atoms with Crippen molar-refractivity contribution in [2.75, 3.05) is 17.3 Å². The topological polar surface area (TPSA) is 80.3 Å². The predicted molar refractivity (Wildman–Crippen MR) is 75.6 cm³/mol. The lowest BCUT2D eigenvalue weighted by molar-refractivity contribution is 0.383. The number of nitrogens with one attached hydrogen (secondary N) is 1. The second-order valence-corrected chi connectivity index (χ2v) is 10.1. The van der Waals surface area contributed by atoms with E-state index in [9.17, 15) is 16.8 Å². The Balaban J connectivity index is 1.93. The minimum absolute atomic E-state index is 0.0904. The maximum atomic E-state index is 12.0. The lowest BCUT2D eigenvalue weighted by Crippen LogP contribution is -2.43. The maximum absolute atomic E-state index is 12.0. The van der Waals surface area contributed by atoms with Crippen LogP contribution in [0.2, 0.25) is 0 Å². The molecule has 0 radical (unpaired) electrons. The average molecular weight is 330 g/mol. The van der Waals surface area contributed by atoms with Gasteiger partial charge in [0.1, 0.15) is 0 Å². The zero-order chi connectivity index (χ0) is 14.1. The van der Waals surface area contributed by atoms with Gasteiger partial charge in [0.15, 0.2) is 9.84 Å². The van der Waals surface area contributed by atoms with Crippen LogP contribution in [0.15, 0.2) is 0 Å². The van der Waals surface area contributed by atoms with Gasteiger partial charge in [0.2, 0.25) is 10.0 Å². The highest BCUT2D eigenvalue weighted by molar-refractivity contribution is 7.92. The number of alkyl halides is 1. The summed E-state index contributed by atoms with van der Waals surface area (Å²) in [6.45, 7) is 0. The third kappa shape index (κ3) is 4.58. The van der Waals surface area contributed by atoms with Crippen LogP contribution in [0.1, 0.15) is 32.1 Å². The number of hydrogen-bond acceptors (Lipinski definition) is 4. The fourth-order valence-corrected chi connectivity index (χ4v) is 7.34. The Morgan fingerprint density at radius 3 is 2.26 bits per heavy atom. The Bertz CT molecular complexity index is 511. The third-order valence-corrected chi connectivity index (χ3v) is 7.74. The summed E-state index contributed by atoms with van der Waals surface area (Å²) in [7, 11) is -6.66. The molecule has 112 valence electrons. The van der Waals surface area contributed by atoms with Crippen molar-refractivity contribution in [2.45, 2.75) is 43.5 Å². The van der Waals surface area contributed by atoms with Crippen LogP contribution in [0, 0.1) is 5.92 Å². The molecular weight excluding hydrogens is 310 g/mol. The summed E-state index contributed by atoms with van der Waals surface area (Å²) >= 11 is 5.91. The number of rotatable bonds is 4. The minimum Gasteiger partial charge on any atom is -0.229 e. The number of halogens is 1. The van der Waals surface area contributed by atoms with Crippen molar-refractivity contribution in [1.29, 1.82) is 0 Å². The smallest absolute Gasteiger partial charge is 0.212 e. The molecule has 1 aliphatic carbocycles. The van der Waals surface area contributed by atoms with Crippen LogP contribution in [0.4, 0.5) is 0 Å². The molecular formula is C11H20ClNO4S2. The second kappa shape index (κ2) is 5.87. The van der Waals surface area contributed by atoms with Crippen LogP contribution in [0.25, 0.3) is 0 Å². The summed E-state index contributed by atoms with van der Waals surface area (Å²) in [6.07, 6.45) is 5.21. The molecule has 5 nitrogen and oxygen atoms in total. The molecule has 1 aliphatic heterocycles. The van der Waals surface area contributed by atoms with Crippen molar-refractivity contribution in [1.82, 2.24) is 4.72 Å². The molecule has 1 saturated heterocycles. The fraction of sp³-hybridized carbons (Fsp3) is 1.00. The zero-order valence-corrected chi connectivity index (χ0v) is 13.1. The van der Waals surface area contributed by atoms with Gasteiger partial charge in [-0.05, 0) is 18.8 Å². The van der Waals surface area contributed by atoms with E-state index in [1.165, 1.54) is 6.42 Å². The van der Waals surface area contributed by atoms with Gasteiger partial charge in [0, 0.05) is 0 Å². The van der Waals surface area contributed by atoms with E-state index in [0.29, 0.717) is 0 Å². The molecule has 0 amide bonds. The molecule has 2 unspecified atom stereocenters. The van der Waals surface area contributed by atoms with Crippen LogP contribution in [-0.2, 0) is 19.9 Å². The van der Waals surface area contributed by atoms with Crippen molar-refractivity contribution in [3.05, 3.63) is 0 Å². The Labute approximate surface area is 120 Å². The first kappa shape index (κ1) is 15.5. The van der Waals surface area contributed by atoms with Crippen molar-refractivity contribution in [2.24, 2.45) is 5.92 Å². The van der Waals surface area contributed by atoms with Gasteiger partial charge in [-0.25, -0.2) is 21.6 Å². The lowest BCUT2D eigenvalue weighted by atomic mass is 9.91. The average Bonchev–Trinajstić information content (AvgIpc) is 2.51. The molecule has 2 atom stereocenters. The van der Waals surface area contributed by atoms with Gasteiger partial charge in [-0.1, -0.05) is 19.3 Å². The molecule has 8 heteroatoms. The fourth-order valence-electron chi connectivity index (χ4n) is 2.86. The van der Waals surface area contributed by atoms with Crippen molar-refractivity contribution in [3.63, 3.8) is 0 Å². The second-order valence-electron chi connectivity index (χ2n) is 5.60. The quantitative estimate of drug-likeness (QED) is 0.777. The van der Waals surface area contributed by atoms with Crippen molar-refractivity contribution < 1.29 is 16.8 Å². The summed E-state index contributed by atoms with van der Waals surface area (Å²) < 4.78 is 49.4. The van der Waals surface area contributed by atoms with Gasteiger partial charge in [0.25, 0.3) is 0 Å². The molecule has 0 bridgehead atoms. The summed E-state index contributed by atoms with van der Waals surface area (Å²) in [5.74, 6) is -0.0540. The van der Waals surface area contributed by atoms with E-state index >= 15 is 0 Å². The van der Waals surface area contributed by atoms with Crippen LogP contribution >= 0.6 is 11.6 Å². The summed E-state index contributed by atoms with van der Waals surface area (Å²) in [6, 6.07) is -0.680. The van der Waals surface area contributed by atoms with Crippen LogP contribution < -0.4 is 4.72 Å². The van der Waals surface area contributed by atoms with E-state index in [1.807, 2.05) is 0 Å². The van der Waals surface area contributed by atoms with Gasteiger partial charge < -0.3 is 0 Å². The Morgan fingerprint density at radius 1 is 1.11 bits per heavy atom. The molecule has 2 rings (SSSR count). The third-order valence-electron chi connectivity index (χ3n) is 3.79. The van der Waals surface area contributed by atoms with Crippen molar-refractivity contribution in [3.8, 4) is 0 Å². The van der Waals surface area contributed by atoms with Gasteiger partial charge in [0.05, 0.1) is 28.7 Å². The molecule has 2 aliphatic rings. The molecule has 1 heterocycles. The Morgan fingerprint density at radius 2 is 1.74 bits per heavy atom. The maximum Gasteiger partial charge on any atom is 0.212 e. The van der Waals surface area contributed by atoms with Crippen LogP contribution in [0.5, 0.6) is 0 Å². The largest absolute Gasteiger partial charge is 0.229 e. The standard InChI is InChI=1S/C11H20ClNO4S2/c12-10-7-18(14,15)8-11(10)13-19(16,17)6-9-4-2-1-3-5-9/h9-11,13H,1-8H2.